The Bertz CT molecular complexity index is 701. The summed E-state index contributed by atoms with van der Waals surface area (Å²) in [7, 11) is 1.81. The molecule has 1 saturated carbocycles. The van der Waals surface area contributed by atoms with E-state index in [0.717, 1.165) is 25.1 Å². The van der Waals surface area contributed by atoms with Crippen molar-refractivity contribution >= 4 is 5.91 Å². The molecule has 122 valence electrons. The predicted octanol–water partition coefficient (Wildman–Crippen LogP) is 2.09. The van der Waals surface area contributed by atoms with Crippen molar-refractivity contribution in [2.45, 2.75) is 43.9 Å². The average Bonchev–Trinajstić information content (AvgIpc) is 3.30. The van der Waals surface area contributed by atoms with Crippen LogP contribution in [0.5, 0.6) is 0 Å². The van der Waals surface area contributed by atoms with Crippen molar-refractivity contribution in [1.29, 1.82) is 0 Å². The van der Waals surface area contributed by atoms with Crippen molar-refractivity contribution in [1.82, 2.24) is 24.8 Å². The third-order valence-corrected chi connectivity index (χ3v) is 4.94. The van der Waals surface area contributed by atoms with Gasteiger partial charge in [-0.15, -0.1) is 0 Å². The topological polar surface area (TPSA) is 77.0 Å². The second-order valence-corrected chi connectivity index (χ2v) is 6.58. The predicted molar refractivity (Wildman–Crippen MR) is 82.0 cm³/mol. The van der Waals surface area contributed by atoms with Gasteiger partial charge in [0.1, 0.15) is 5.69 Å². The third-order valence-electron chi connectivity index (χ3n) is 4.94. The molecule has 0 bridgehead atoms. The van der Waals surface area contributed by atoms with Crippen LogP contribution in [-0.2, 0) is 7.05 Å². The first-order valence-electron chi connectivity index (χ1n) is 8.33. The van der Waals surface area contributed by atoms with E-state index in [0.29, 0.717) is 30.6 Å². The van der Waals surface area contributed by atoms with E-state index in [1.165, 1.54) is 12.8 Å². The first kappa shape index (κ1) is 14.4. The Morgan fingerprint density at radius 2 is 2.09 bits per heavy atom. The highest BCUT2D eigenvalue weighted by Gasteiger charge is 2.33. The lowest BCUT2D eigenvalue weighted by atomic mass is 10.1. The molecule has 2 aromatic rings. The quantitative estimate of drug-likeness (QED) is 0.866. The molecular weight excluding hydrogens is 294 g/mol. The van der Waals surface area contributed by atoms with Crippen LogP contribution in [0.3, 0.4) is 0 Å². The second-order valence-electron chi connectivity index (χ2n) is 6.58. The summed E-state index contributed by atoms with van der Waals surface area (Å²) in [4.78, 5) is 18.9. The molecule has 0 aromatic carbocycles. The number of hydrogen-bond donors (Lipinski definition) is 0. The number of rotatable bonds is 3. The number of aryl methyl sites for hydroxylation is 1. The summed E-state index contributed by atoms with van der Waals surface area (Å²) in [5.41, 5.74) is 0.491. The Morgan fingerprint density at radius 1 is 1.26 bits per heavy atom. The average molecular weight is 315 g/mol. The van der Waals surface area contributed by atoms with Crippen LogP contribution in [0.25, 0.3) is 0 Å². The fraction of sp³-hybridized carbons (Fsp3) is 0.625. The Morgan fingerprint density at radius 3 is 2.83 bits per heavy atom. The van der Waals surface area contributed by atoms with Crippen LogP contribution < -0.4 is 0 Å². The molecule has 1 amide bonds. The van der Waals surface area contributed by atoms with Crippen molar-refractivity contribution in [3.05, 3.63) is 29.7 Å². The van der Waals surface area contributed by atoms with Crippen LogP contribution in [0, 0.1) is 0 Å². The maximum Gasteiger partial charge on any atom is 0.274 e. The normalized spacial score (nSPS) is 22.1. The van der Waals surface area contributed by atoms with E-state index in [9.17, 15) is 4.79 Å². The van der Waals surface area contributed by atoms with Gasteiger partial charge in [0.05, 0.1) is 5.92 Å². The third kappa shape index (κ3) is 2.75. The smallest absolute Gasteiger partial charge is 0.274 e. The van der Waals surface area contributed by atoms with E-state index >= 15 is 0 Å². The number of carbonyl (C=O) groups excluding carboxylic acids is 1. The molecule has 1 atom stereocenters. The van der Waals surface area contributed by atoms with Gasteiger partial charge in [0, 0.05) is 32.3 Å². The molecule has 2 aliphatic rings. The summed E-state index contributed by atoms with van der Waals surface area (Å²) in [6.07, 6.45) is 7.48. The van der Waals surface area contributed by atoms with Crippen molar-refractivity contribution in [2.75, 3.05) is 13.1 Å². The summed E-state index contributed by atoms with van der Waals surface area (Å²) >= 11 is 0. The van der Waals surface area contributed by atoms with Gasteiger partial charge in [-0.3, -0.25) is 9.48 Å². The Hall–Kier alpha value is -2.18. The maximum atomic E-state index is 12.4. The molecule has 1 saturated heterocycles. The number of aromatic nitrogens is 4. The van der Waals surface area contributed by atoms with Crippen LogP contribution in [-0.4, -0.2) is 43.8 Å². The molecule has 7 nitrogen and oxygen atoms in total. The van der Waals surface area contributed by atoms with Crippen molar-refractivity contribution in [3.8, 4) is 0 Å². The standard InChI is InChI=1S/C16H21N5O2/c1-20-8-7-13(18-20)16(22)21-9-6-12(10-21)15-17-14(19-23-15)11-4-2-3-5-11/h7-8,11-12H,2-6,9-10H2,1H3/t12-/m0/s1. The zero-order valence-electron chi connectivity index (χ0n) is 13.3. The zero-order chi connectivity index (χ0) is 15.8. The van der Waals surface area contributed by atoms with Gasteiger partial charge in [-0.25, -0.2) is 0 Å². The van der Waals surface area contributed by atoms with E-state index in [2.05, 4.69) is 15.2 Å². The van der Waals surface area contributed by atoms with E-state index in [-0.39, 0.29) is 11.8 Å². The van der Waals surface area contributed by atoms with Gasteiger partial charge in [0.25, 0.3) is 5.91 Å². The van der Waals surface area contributed by atoms with Gasteiger partial charge in [-0.2, -0.15) is 10.1 Å². The number of amides is 1. The number of hydrogen-bond acceptors (Lipinski definition) is 5. The molecule has 0 spiro atoms. The molecule has 4 rings (SSSR count). The second kappa shape index (κ2) is 5.79. The van der Waals surface area contributed by atoms with Crippen molar-refractivity contribution in [2.24, 2.45) is 7.05 Å². The molecule has 7 heteroatoms. The summed E-state index contributed by atoms with van der Waals surface area (Å²) in [6.45, 7) is 1.34. The van der Waals surface area contributed by atoms with Gasteiger partial charge >= 0.3 is 0 Å². The fourth-order valence-electron chi connectivity index (χ4n) is 3.60. The summed E-state index contributed by atoms with van der Waals surface area (Å²) < 4.78 is 7.13. The van der Waals surface area contributed by atoms with Crippen LogP contribution in [0.1, 0.15) is 66.1 Å². The minimum Gasteiger partial charge on any atom is -0.339 e. The lowest BCUT2D eigenvalue weighted by Gasteiger charge is -2.13. The molecule has 23 heavy (non-hydrogen) atoms. The Kier molecular flexibility index (Phi) is 3.63. The van der Waals surface area contributed by atoms with Gasteiger partial charge < -0.3 is 9.42 Å². The van der Waals surface area contributed by atoms with Crippen molar-refractivity contribution in [3.63, 3.8) is 0 Å². The minimum absolute atomic E-state index is 0.0244. The first-order valence-corrected chi connectivity index (χ1v) is 8.33. The maximum absolute atomic E-state index is 12.4. The lowest BCUT2D eigenvalue weighted by molar-refractivity contribution is 0.0783. The van der Waals surface area contributed by atoms with E-state index in [1.807, 2.05) is 11.9 Å². The van der Waals surface area contributed by atoms with Crippen molar-refractivity contribution < 1.29 is 9.32 Å². The highest BCUT2D eigenvalue weighted by Crippen LogP contribution is 2.34. The van der Waals surface area contributed by atoms with Gasteiger partial charge in [0.15, 0.2) is 5.82 Å². The molecule has 2 fully saturated rings. The first-order chi connectivity index (χ1) is 11.2. The van der Waals surface area contributed by atoms with Gasteiger partial charge in [0.2, 0.25) is 5.89 Å². The van der Waals surface area contributed by atoms with E-state index in [1.54, 1.807) is 16.9 Å². The monoisotopic (exact) mass is 315 g/mol. The molecule has 0 radical (unpaired) electrons. The van der Waals surface area contributed by atoms with Crippen LogP contribution in [0.2, 0.25) is 0 Å². The van der Waals surface area contributed by atoms with Crippen LogP contribution in [0.4, 0.5) is 0 Å². The number of nitrogens with zero attached hydrogens (tertiary/aromatic N) is 5. The summed E-state index contributed by atoms with van der Waals surface area (Å²) in [5, 5.41) is 8.35. The van der Waals surface area contributed by atoms with Gasteiger partial charge in [-0.1, -0.05) is 18.0 Å². The molecule has 1 aliphatic carbocycles. The minimum atomic E-state index is -0.0244. The zero-order valence-corrected chi connectivity index (χ0v) is 13.3. The molecule has 2 aromatic heterocycles. The molecule has 0 N–H and O–H groups in total. The number of carbonyl (C=O) groups is 1. The Labute approximate surface area is 134 Å². The SMILES string of the molecule is Cn1ccc(C(=O)N2CC[C@H](c3nc(C4CCCC4)no3)C2)n1. The number of likely N-dealkylation sites (tertiary alicyclic amines) is 1. The summed E-state index contributed by atoms with van der Waals surface area (Å²) in [5.74, 6) is 2.12. The fourth-order valence-corrected chi connectivity index (χ4v) is 3.60. The van der Waals surface area contributed by atoms with Gasteiger partial charge in [-0.05, 0) is 25.3 Å². The highest BCUT2D eigenvalue weighted by molar-refractivity contribution is 5.92. The molecular formula is C16H21N5O2. The van der Waals surface area contributed by atoms with Crippen LogP contribution >= 0.6 is 0 Å². The highest BCUT2D eigenvalue weighted by atomic mass is 16.5. The summed E-state index contributed by atoms with van der Waals surface area (Å²) in [6, 6.07) is 1.75. The lowest BCUT2D eigenvalue weighted by Crippen LogP contribution is -2.29. The van der Waals surface area contributed by atoms with E-state index < -0.39 is 0 Å². The molecule has 0 unspecified atom stereocenters. The molecule has 3 heterocycles. The largest absolute Gasteiger partial charge is 0.339 e. The van der Waals surface area contributed by atoms with E-state index in [4.69, 9.17) is 4.52 Å². The Balaban J connectivity index is 1.43. The van der Waals surface area contributed by atoms with Crippen LogP contribution in [0.15, 0.2) is 16.8 Å². The molecule has 1 aliphatic heterocycles.